The molecule has 10 heavy (non-hydrogen) atoms. The Hall–Kier alpha value is -0.590. The van der Waals surface area contributed by atoms with Gasteiger partial charge in [-0.2, -0.15) is 0 Å². The summed E-state index contributed by atoms with van der Waals surface area (Å²) in [7, 11) is 0. The standard InChI is InChI=1S/C9H12O/c1-2-8-6-3-4-7(5-6)9(8)10/h2,6-8H,1,3-5H2. The molecule has 0 aliphatic heterocycles. The van der Waals surface area contributed by atoms with E-state index in [4.69, 9.17) is 0 Å². The molecule has 0 aromatic carbocycles. The number of carbonyl (C=O) groups is 1. The summed E-state index contributed by atoms with van der Waals surface area (Å²) in [5.74, 6) is 1.76. The van der Waals surface area contributed by atoms with Gasteiger partial charge >= 0.3 is 0 Å². The molecule has 0 aromatic heterocycles. The van der Waals surface area contributed by atoms with Gasteiger partial charge in [0, 0.05) is 11.8 Å². The van der Waals surface area contributed by atoms with Crippen LogP contribution in [0.1, 0.15) is 19.3 Å². The first kappa shape index (κ1) is 6.14. The summed E-state index contributed by atoms with van der Waals surface area (Å²) in [6.07, 6.45) is 5.39. The van der Waals surface area contributed by atoms with Crippen molar-refractivity contribution in [3.05, 3.63) is 12.7 Å². The molecule has 0 heterocycles. The van der Waals surface area contributed by atoms with E-state index in [1.54, 1.807) is 0 Å². The second-order valence-electron chi connectivity index (χ2n) is 3.43. The molecule has 3 unspecified atom stereocenters. The zero-order valence-electron chi connectivity index (χ0n) is 6.05. The van der Waals surface area contributed by atoms with Gasteiger partial charge in [0.25, 0.3) is 0 Å². The molecule has 0 saturated heterocycles. The average Bonchev–Trinajstić information content (AvgIpc) is 2.46. The van der Waals surface area contributed by atoms with Gasteiger partial charge in [-0.25, -0.2) is 0 Å². The lowest BCUT2D eigenvalue weighted by molar-refractivity contribution is -0.124. The molecule has 0 amide bonds. The van der Waals surface area contributed by atoms with Crippen molar-refractivity contribution in [3.63, 3.8) is 0 Å². The summed E-state index contributed by atoms with van der Waals surface area (Å²) in [6, 6.07) is 0. The van der Waals surface area contributed by atoms with E-state index in [0.29, 0.717) is 17.6 Å². The number of allylic oxidation sites excluding steroid dienone is 1. The van der Waals surface area contributed by atoms with Crippen molar-refractivity contribution in [2.45, 2.75) is 19.3 Å². The second kappa shape index (κ2) is 1.94. The normalized spacial score (nSPS) is 44.4. The molecule has 0 aromatic rings. The van der Waals surface area contributed by atoms with Crippen molar-refractivity contribution in [2.24, 2.45) is 17.8 Å². The largest absolute Gasteiger partial charge is 0.299 e. The summed E-state index contributed by atoms with van der Waals surface area (Å²) in [5, 5.41) is 0. The van der Waals surface area contributed by atoms with Crippen molar-refractivity contribution in [3.8, 4) is 0 Å². The highest BCUT2D eigenvalue weighted by Gasteiger charge is 2.44. The fourth-order valence-electron chi connectivity index (χ4n) is 2.41. The summed E-state index contributed by atoms with van der Waals surface area (Å²) in [4.78, 5) is 11.3. The van der Waals surface area contributed by atoms with Crippen molar-refractivity contribution in [1.82, 2.24) is 0 Å². The third kappa shape index (κ3) is 0.606. The highest BCUT2D eigenvalue weighted by atomic mass is 16.1. The first-order valence-corrected chi connectivity index (χ1v) is 3.99. The average molecular weight is 136 g/mol. The number of hydrogen-bond acceptors (Lipinski definition) is 1. The topological polar surface area (TPSA) is 17.1 Å². The van der Waals surface area contributed by atoms with Gasteiger partial charge in [0.1, 0.15) is 5.78 Å². The Morgan fingerprint density at radius 2 is 2.30 bits per heavy atom. The lowest BCUT2D eigenvalue weighted by atomic mass is 9.88. The maximum Gasteiger partial charge on any atom is 0.143 e. The van der Waals surface area contributed by atoms with Crippen molar-refractivity contribution in [2.75, 3.05) is 0 Å². The van der Waals surface area contributed by atoms with Crippen molar-refractivity contribution >= 4 is 5.78 Å². The number of ketones is 1. The first-order chi connectivity index (χ1) is 4.83. The molecule has 3 atom stereocenters. The first-order valence-electron chi connectivity index (χ1n) is 3.99. The van der Waals surface area contributed by atoms with E-state index in [2.05, 4.69) is 6.58 Å². The maximum atomic E-state index is 11.3. The summed E-state index contributed by atoms with van der Waals surface area (Å²) in [5.41, 5.74) is 0. The number of Topliss-reactive ketones (excluding diaryl/α,β-unsaturated/α-hetero) is 1. The van der Waals surface area contributed by atoms with Gasteiger partial charge in [0.15, 0.2) is 0 Å². The summed E-state index contributed by atoms with van der Waals surface area (Å²) in [6.45, 7) is 3.69. The number of carbonyl (C=O) groups excluding carboxylic acids is 1. The van der Waals surface area contributed by atoms with Crippen LogP contribution in [0.4, 0.5) is 0 Å². The fourth-order valence-corrected chi connectivity index (χ4v) is 2.41. The van der Waals surface area contributed by atoms with Crippen LogP contribution in [0, 0.1) is 17.8 Å². The van der Waals surface area contributed by atoms with Gasteiger partial charge < -0.3 is 0 Å². The molecule has 2 rings (SSSR count). The van der Waals surface area contributed by atoms with E-state index in [-0.39, 0.29) is 5.92 Å². The van der Waals surface area contributed by atoms with E-state index < -0.39 is 0 Å². The molecule has 2 aliphatic rings. The summed E-state index contributed by atoms with van der Waals surface area (Å²) >= 11 is 0. The van der Waals surface area contributed by atoms with E-state index in [1.807, 2.05) is 6.08 Å². The van der Waals surface area contributed by atoms with E-state index >= 15 is 0 Å². The van der Waals surface area contributed by atoms with Gasteiger partial charge in [-0.3, -0.25) is 4.79 Å². The lowest BCUT2D eigenvalue weighted by Gasteiger charge is -2.15. The molecular weight excluding hydrogens is 124 g/mol. The molecule has 1 nitrogen and oxygen atoms in total. The number of rotatable bonds is 1. The molecule has 0 N–H and O–H groups in total. The zero-order chi connectivity index (χ0) is 7.14. The van der Waals surface area contributed by atoms with E-state index in [0.717, 1.165) is 12.8 Å². The lowest BCUT2D eigenvalue weighted by Crippen LogP contribution is -2.19. The zero-order valence-corrected chi connectivity index (χ0v) is 6.05. The highest BCUT2D eigenvalue weighted by molar-refractivity contribution is 5.88. The van der Waals surface area contributed by atoms with Gasteiger partial charge in [0.2, 0.25) is 0 Å². The van der Waals surface area contributed by atoms with Crippen LogP contribution >= 0.6 is 0 Å². The maximum absolute atomic E-state index is 11.3. The van der Waals surface area contributed by atoms with Crippen LogP contribution in [0.2, 0.25) is 0 Å². The van der Waals surface area contributed by atoms with Crippen molar-refractivity contribution < 1.29 is 4.79 Å². The smallest absolute Gasteiger partial charge is 0.143 e. The molecule has 54 valence electrons. The molecule has 2 aliphatic carbocycles. The van der Waals surface area contributed by atoms with Crippen LogP contribution in [-0.2, 0) is 4.79 Å². The quantitative estimate of drug-likeness (QED) is 0.502. The van der Waals surface area contributed by atoms with Crippen LogP contribution in [0.15, 0.2) is 12.7 Å². The third-order valence-electron chi connectivity index (χ3n) is 2.97. The second-order valence-corrected chi connectivity index (χ2v) is 3.43. The predicted molar refractivity (Wildman–Crippen MR) is 39.5 cm³/mol. The Labute approximate surface area is 61.1 Å². The van der Waals surface area contributed by atoms with Gasteiger partial charge in [0.05, 0.1) is 0 Å². The van der Waals surface area contributed by atoms with Gasteiger partial charge in [-0.15, -0.1) is 6.58 Å². The molecule has 2 saturated carbocycles. The number of hydrogen-bond donors (Lipinski definition) is 0. The Morgan fingerprint density at radius 1 is 1.50 bits per heavy atom. The minimum atomic E-state index is 0.221. The Morgan fingerprint density at radius 3 is 2.70 bits per heavy atom. The monoisotopic (exact) mass is 136 g/mol. The minimum absolute atomic E-state index is 0.221. The van der Waals surface area contributed by atoms with Gasteiger partial charge in [-0.05, 0) is 25.2 Å². The highest BCUT2D eigenvalue weighted by Crippen LogP contribution is 2.46. The molecular formula is C9H12O. The molecule has 2 bridgehead atoms. The number of fused-ring (bicyclic) bond motifs is 2. The molecule has 0 radical (unpaired) electrons. The van der Waals surface area contributed by atoms with Crippen LogP contribution in [-0.4, -0.2) is 5.78 Å². The SMILES string of the molecule is C=CC1C(=O)C2CCC1C2. The Kier molecular flexibility index (Phi) is 1.19. The minimum Gasteiger partial charge on any atom is -0.299 e. The molecule has 2 fully saturated rings. The molecule has 0 spiro atoms. The van der Waals surface area contributed by atoms with Crippen LogP contribution in [0.25, 0.3) is 0 Å². The molecule has 1 heteroatoms. The fraction of sp³-hybridized carbons (Fsp3) is 0.667. The summed E-state index contributed by atoms with van der Waals surface area (Å²) < 4.78 is 0. The van der Waals surface area contributed by atoms with E-state index in [1.165, 1.54) is 6.42 Å². The van der Waals surface area contributed by atoms with Gasteiger partial charge in [-0.1, -0.05) is 6.08 Å². The predicted octanol–water partition coefficient (Wildman–Crippen LogP) is 1.79. The van der Waals surface area contributed by atoms with E-state index in [9.17, 15) is 4.79 Å². The Balaban J connectivity index is 2.24. The van der Waals surface area contributed by atoms with Crippen LogP contribution in [0.5, 0.6) is 0 Å². The van der Waals surface area contributed by atoms with Crippen LogP contribution in [0.3, 0.4) is 0 Å². The third-order valence-corrected chi connectivity index (χ3v) is 2.97. The van der Waals surface area contributed by atoms with Crippen molar-refractivity contribution in [1.29, 1.82) is 0 Å². The Bertz CT molecular complexity index is 183. The van der Waals surface area contributed by atoms with Crippen LogP contribution < -0.4 is 0 Å².